The van der Waals surface area contributed by atoms with Crippen LogP contribution in [0.3, 0.4) is 0 Å². The van der Waals surface area contributed by atoms with Crippen molar-refractivity contribution >= 4 is 17.1 Å². The third-order valence-electron chi connectivity index (χ3n) is 4.85. The summed E-state index contributed by atoms with van der Waals surface area (Å²) in [6.07, 6.45) is 3.36. The molecule has 0 fully saturated rings. The van der Waals surface area contributed by atoms with E-state index < -0.39 is 0 Å². The summed E-state index contributed by atoms with van der Waals surface area (Å²) in [5.74, 6) is 1.48. The molecule has 0 amide bonds. The van der Waals surface area contributed by atoms with Gasteiger partial charge in [-0.1, -0.05) is 28.9 Å². The summed E-state index contributed by atoms with van der Waals surface area (Å²) in [7, 11) is 1.61. The molecule has 0 bridgehead atoms. The summed E-state index contributed by atoms with van der Waals surface area (Å²) in [6.45, 7) is 0.148. The predicted molar refractivity (Wildman–Crippen MR) is 115 cm³/mol. The number of hydrogen-bond donors (Lipinski definition) is 0. The fraction of sp³-hybridized carbons (Fsp3) is 0.0909. The molecule has 3 heterocycles. The molecule has 0 saturated heterocycles. The molecule has 0 atom stereocenters. The van der Waals surface area contributed by atoms with E-state index in [9.17, 15) is 4.79 Å². The van der Waals surface area contributed by atoms with E-state index in [0.29, 0.717) is 27.9 Å². The van der Waals surface area contributed by atoms with Gasteiger partial charge in [0.2, 0.25) is 11.7 Å². The van der Waals surface area contributed by atoms with Gasteiger partial charge in [-0.15, -0.1) is 0 Å². The lowest BCUT2D eigenvalue weighted by Gasteiger charge is -2.02. The Bertz CT molecular complexity index is 1440. The highest BCUT2D eigenvalue weighted by atomic mass is 35.5. The van der Waals surface area contributed by atoms with E-state index in [1.54, 1.807) is 42.2 Å². The first kappa shape index (κ1) is 19.1. The molecule has 9 heteroatoms. The lowest BCUT2D eigenvalue weighted by molar-refractivity contribution is 0.370. The Morgan fingerprint density at radius 3 is 2.71 bits per heavy atom. The van der Waals surface area contributed by atoms with Crippen LogP contribution in [-0.4, -0.2) is 31.4 Å². The molecule has 8 nitrogen and oxygen atoms in total. The fourth-order valence-corrected chi connectivity index (χ4v) is 3.38. The van der Waals surface area contributed by atoms with Crippen LogP contribution in [-0.2, 0) is 6.54 Å². The monoisotopic (exact) mass is 433 g/mol. The number of aromatic nitrogens is 5. The molecule has 0 saturated carbocycles. The fourth-order valence-electron chi connectivity index (χ4n) is 3.26. The minimum absolute atomic E-state index is 0.148. The quantitative estimate of drug-likeness (QED) is 0.417. The van der Waals surface area contributed by atoms with Crippen LogP contribution in [0.4, 0.5) is 0 Å². The average molecular weight is 434 g/mol. The zero-order chi connectivity index (χ0) is 21.4. The molecule has 0 radical (unpaired) electrons. The normalized spacial score (nSPS) is 11.2. The number of benzene rings is 2. The Morgan fingerprint density at radius 1 is 1.06 bits per heavy atom. The van der Waals surface area contributed by atoms with Gasteiger partial charge in [-0.05, 0) is 42.5 Å². The van der Waals surface area contributed by atoms with Gasteiger partial charge >= 0.3 is 0 Å². The molecule has 0 aliphatic heterocycles. The van der Waals surface area contributed by atoms with Crippen molar-refractivity contribution in [2.75, 3.05) is 7.11 Å². The third-order valence-corrected chi connectivity index (χ3v) is 5.10. The molecule has 0 N–H and O–H groups in total. The Labute approximate surface area is 181 Å². The van der Waals surface area contributed by atoms with Gasteiger partial charge in [0, 0.05) is 28.5 Å². The number of nitrogens with zero attached hydrogens (tertiary/aromatic N) is 5. The molecule has 31 heavy (non-hydrogen) atoms. The molecular weight excluding hydrogens is 418 g/mol. The molecule has 154 valence electrons. The maximum atomic E-state index is 13.0. The summed E-state index contributed by atoms with van der Waals surface area (Å²) in [6, 6.07) is 16.4. The van der Waals surface area contributed by atoms with E-state index in [0.717, 1.165) is 16.9 Å². The molecule has 0 aliphatic carbocycles. The number of methoxy groups -OCH3 is 1. The smallest absolute Gasteiger partial charge is 0.277 e. The van der Waals surface area contributed by atoms with Crippen molar-refractivity contribution in [3.63, 3.8) is 0 Å². The Hall–Kier alpha value is -3.91. The maximum Gasteiger partial charge on any atom is 0.277 e. The van der Waals surface area contributed by atoms with Gasteiger partial charge in [0.15, 0.2) is 0 Å². The summed E-state index contributed by atoms with van der Waals surface area (Å²) in [5, 5.41) is 9.12. The van der Waals surface area contributed by atoms with Crippen molar-refractivity contribution in [1.29, 1.82) is 0 Å². The van der Waals surface area contributed by atoms with Crippen LogP contribution in [0.25, 0.3) is 28.2 Å². The summed E-state index contributed by atoms with van der Waals surface area (Å²) >= 11 is 5.92. The van der Waals surface area contributed by atoms with Crippen molar-refractivity contribution in [2.45, 2.75) is 6.54 Å². The second kappa shape index (κ2) is 7.73. The molecule has 2 aromatic carbocycles. The summed E-state index contributed by atoms with van der Waals surface area (Å²) < 4.78 is 13.7. The Balaban J connectivity index is 1.45. The van der Waals surface area contributed by atoms with Gasteiger partial charge < -0.3 is 13.8 Å². The van der Waals surface area contributed by atoms with Gasteiger partial charge in [0.05, 0.1) is 12.8 Å². The van der Waals surface area contributed by atoms with Gasteiger partial charge in [-0.3, -0.25) is 4.79 Å². The van der Waals surface area contributed by atoms with Crippen LogP contribution in [0.5, 0.6) is 5.75 Å². The van der Waals surface area contributed by atoms with Gasteiger partial charge in [-0.2, -0.15) is 10.1 Å². The molecule has 5 aromatic rings. The second-order valence-electron chi connectivity index (χ2n) is 6.84. The van der Waals surface area contributed by atoms with Crippen molar-refractivity contribution in [2.24, 2.45) is 0 Å². The highest BCUT2D eigenvalue weighted by molar-refractivity contribution is 6.30. The molecule has 5 rings (SSSR count). The molecule has 3 aromatic heterocycles. The van der Waals surface area contributed by atoms with E-state index in [2.05, 4.69) is 15.2 Å². The highest BCUT2D eigenvalue weighted by Gasteiger charge is 2.13. The SMILES string of the molecule is COc1cccc(-c2cc3c(=O)n(Cc4nc(-c5ccc(Cl)cc5)no4)ccn3n2)c1. The maximum absolute atomic E-state index is 13.0. The van der Waals surface area contributed by atoms with Gasteiger partial charge in [-0.25, -0.2) is 4.52 Å². The zero-order valence-corrected chi connectivity index (χ0v) is 17.2. The lowest BCUT2D eigenvalue weighted by Crippen LogP contribution is -2.21. The number of ether oxygens (including phenoxy) is 1. The average Bonchev–Trinajstić information content (AvgIpc) is 3.44. The lowest BCUT2D eigenvalue weighted by atomic mass is 10.1. The topological polar surface area (TPSA) is 87.5 Å². The second-order valence-corrected chi connectivity index (χ2v) is 7.28. The van der Waals surface area contributed by atoms with E-state index >= 15 is 0 Å². The number of halogens is 1. The minimum Gasteiger partial charge on any atom is -0.497 e. The summed E-state index contributed by atoms with van der Waals surface area (Å²) in [5.41, 5.74) is 2.55. The number of fused-ring (bicyclic) bond motifs is 1. The van der Waals surface area contributed by atoms with Crippen LogP contribution >= 0.6 is 11.6 Å². The predicted octanol–water partition coefficient (Wildman–Crippen LogP) is 3.92. The first-order valence-electron chi connectivity index (χ1n) is 9.42. The highest BCUT2D eigenvalue weighted by Crippen LogP contribution is 2.23. The minimum atomic E-state index is -0.213. The molecular formula is C22H16ClN5O3. The van der Waals surface area contributed by atoms with E-state index in [1.807, 2.05) is 36.4 Å². The van der Waals surface area contributed by atoms with Crippen LogP contribution in [0.1, 0.15) is 5.89 Å². The molecule has 0 aliphatic rings. The third kappa shape index (κ3) is 3.69. The first-order chi connectivity index (χ1) is 15.1. The van der Waals surface area contributed by atoms with E-state index in [-0.39, 0.29) is 12.1 Å². The zero-order valence-electron chi connectivity index (χ0n) is 16.4. The number of rotatable bonds is 5. The van der Waals surface area contributed by atoms with E-state index in [1.165, 1.54) is 4.57 Å². The van der Waals surface area contributed by atoms with Crippen molar-refractivity contribution in [1.82, 2.24) is 24.3 Å². The summed E-state index contributed by atoms with van der Waals surface area (Å²) in [4.78, 5) is 17.4. The van der Waals surface area contributed by atoms with Crippen LogP contribution < -0.4 is 10.3 Å². The molecule has 0 spiro atoms. The Morgan fingerprint density at radius 2 is 1.90 bits per heavy atom. The van der Waals surface area contributed by atoms with E-state index in [4.69, 9.17) is 20.9 Å². The van der Waals surface area contributed by atoms with Crippen molar-refractivity contribution < 1.29 is 9.26 Å². The number of hydrogen-bond acceptors (Lipinski definition) is 6. The molecule has 0 unspecified atom stereocenters. The van der Waals surface area contributed by atoms with Gasteiger partial charge in [0.25, 0.3) is 5.56 Å². The van der Waals surface area contributed by atoms with Gasteiger partial charge in [0.1, 0.15) is 17.8 Å². The van der Waals surface area contributed by atoms with Crippen LogP contribution in [0.2, 0.25) is 5.02 Å². The van der Waals surface area contributed by atoms with Crippen LogP contribution in [0, 0.1) is 0 Å². The van der Waals surface area contributed by atoms with Crippen molar-refractivity contribution in [3.8, 4) is 28.4 Å². The largest absolute Gasteiger partial charge is 0.497 e. The standard InChI is InChI=1S/C22H16ClN5O3/c1-30-17-4-2-3-15(11-17)18-12-19-22(29)27(9-10-28(19)25-18)13-20-24-21(26-31-20)14-5-7-16(23)8-6-14/h2-12H,13H2,1H3. The van der Waals surface area contributed by atoms with Crippen molar-refractivity contribution in [3.05, 3.63) is 88.3 Å². The first-order valence-corrected chi connectivity index (χ1v) is 9.80. The van der Waals surface area contributed by atoms with Crippen LogP contribution in [0.15, 0.2) is 76.3 Å². The Kier molecular flexibility index (Phi) is 4.76.